The Balaban J connectivity index is 0.000000207. The van der Waals surface area contributed by atoms with Gasteiger partial charge in [-0.2, -0.15) is 10.2 Å². The first kappa shape index (κ1) is 26.1. The molecular formula is C30H26N8O2. The van der Waals surface area contributed by atoms with Crippen molar-refractivity contribution in [2.24, 2.45) is 12.8 Å². The lowest BCUT2D eigenvalue weighted by molar-refractivity contribution is 0.100. The minimum Gasteiger partial charge on any atom is -0.365 e. The molecule has 6 aromatic rings. The molecule has 0 aliphatic heterocycles. The van der Waals surface area contributed by atoms with Gasteiger partial charge in [0.15, 0.2) is 5.65 Å². The fraction of sp³-hybridized carbons (Fsp3) is 0.133. The molecule has 0 atom stereocenters. The number of para-hydroxylation sites is 1. The van der Waals surface area contributed by atoms with E-state index in [0.717, 1.165) is 22.8 Å². The number of aryl methyl sites for hydroxylation is 3. The van der Waals surface area contributed by atoms with Crippen LogP contribution in [-0.2, 0) is 13.5 Å². The number of hydrogen-bond acceptors (Lipinski definition) is 6. The van der Waals surface area contributed by atoms with Gasteiger partial charge in [0.25, 0.3) is 11.5 Å². The van der Waals surface area contributed by atoms with Crippen molar-refractivity contribution in [3.63, 3.8) is 0 Å². The smallest absolute Gasteiger partial charge is 0.267 e. The highest BCUT2D eigenvalue weighted by Crippen LogP contribution is 2.17. The summed E-state index contributed by atoms with van der Waals surface area (Å²) in [6.07, 6.45) is 7.25. The highest BCUT2D eigenvalue weighted by molar-refractivity contribution is 5.98. The van der Waals surface area contributed by atoms with Crippen LogP contribution in [0.5, 0.6) is 0 Å². The number of nitrogens with zero attached hydrogens (tertiary/aromatic N) is 7. The predicted molar refractivity (Wildman–Crippen MR) is 152 cm³/mol. The summed E-state index contributed by atoms with van der Waals surface area (Å²) in [5.74, 6) is 6.42. The van der Waals surface area contributed by atoms with Gasteiger partial charge in [0.2, 0.25) is 0 Å². The third-order valence-electron chi connectivity index (χ3n) is 6.20. The Morgan fingerprint density at radius 2 is 1.80 bits per heavy atom. The van der Waals surface area contributed by atoms with E-state index in [2.05, 4.69) is 27.0 Å². The summed E-state index contributed by atoms with van der Waals surface area (Å²) < 4.78 is 4.96. The SMILES string of the molecule is CCc1nc2cccc(C#Cc3cnn(C)c3)c2c(=O)n1-c1ccccc1.Cc1ccnc2c(C(N)=O)cnn12. The molecule has 6 rings (SSSR count). The Morgan fingerprint density at radius 3 is 2.50 bits per heavy atom. The summed E-state index contributed by atoms with van der Waals surface area (Å²) in [6, 6.07) is 17.0. The van der Waals surface area contributed by atoms with E-state index in [1.54, 1.807) is 26.2 Å². The molecule has 10 heteroatoms. The molecule has 4 heterocycles. The molecule has 0 aliphatic rings. The van der Waals surface area contributed by atoms with Crippen LogP contribution in [0, 0.1) is 18.8 Å². The maximum absolute atomic E-state index is 13.4. The van der Waals surface area contributed by atoms with E-state index in [9.17, 15) is 9.59 Å². The maximum atomic E-state index is 13.4. The number of aromatic nitrogens is 7. The first-order valence-corrected chi connectivity index (χ1v) is 12.6. The molecule has 40 heavy (non-hydrogen) atoms. The van der Waals surface area contributed by atoms with Gasteiger partial charge in [0.1, 0.15) is 11.4 Å². The molecule has 0 bridgehead atoms. The lowest BCUT2D eigenvalue weighted by Crippen LogP contribution is -2.24. The van der Waals surface area contributed by atoms with Crippen LogP contribution < -0.4 is 11.3 Å². The minimum absolute atomic E-state index is 0.0980. The number of amides is 1. The van der Waals surface area contributed by atoms with Crippen LogP contribution in [0.4, 0.5) is 0 Å². The Bertz CT molecular complexity index is 1970. The molecule has 0 saturated heterocycles. The van der Waals surface area contributed by atoms with Crippen molar-refractivity contribution in [2.75, 3.05) is 0 Å². The average Bonchev–Trinajstić information content (AvgIpc) is 3.59. The molecule has 0 radical (unpaired) electrons. The van der Waals surface area contributed by atoms with E-state index >= 15 is 0 Å². The minimum atomic E-state index is -0.506. The van der Waals surface area contributed by atoms with Crippen molar-refractivity contribution in [3.05, 3.63) is 118 Å². The number of rotatable bonds is 3. The molecule has 1 amide bonds. The second kappa shape index (κ2) is 11.0. The van der Waals surface area contributed by atoms with E-state index in [-0.39, 0.29) is 5.56 Å². The van der Waals surface area contributed by atoms with E-state index in [1.165, 1.54) is 6.20 Å². The van der Waals surface area contributed by atoms with Crippen molar-refractivity contribution in [1.29, 1.82) is 0 Å². The van der Waals surface area contributed by atoms with Crippen molar-refractivity contribution in [1.82, 2.24) is 33.9 Å². The van der Waals surface area contributed by atoms with Crippen LogP contribution in [0.15, 0.2) is 84.2 Å². The standard InChI is InChI=1S/C22H18N4O.C8H8N4O/c1-3-20-24-19-11-7-8-17(13-12-16-14-23-25(2)15-16)21(19)22(27)26(20)18-9-5-4-6-10-18;1-5-2-3-10-8-6(7(9)13)4-11-12(5)8/h4-11,14-15H,3H2,1-2H3;2-4H,1H3,(H2,9,13). The average molecular weight is 531 g/mol. The van der Waals surface area contributed by atoms with Crippen LogP contribution in [0.3, 0.4) is 0 Å². The molecule has 10 nitrogen and oxygen atoms in total. The molecule has 0 aliphatic carbocycles. The molecule has 198 valence electrons. The van der Waals surface area contributed by atoms with Gasteiger partial charge in [-0.05, 0) is 37.3 Å². The third-order valence-corrected chi connectivity index (χ3v) is 6.20. The Morgan fingerprint density at radius 1 is 1.00 bits per heavy atom. The van der Waals surface area contributed by atoms with Crippen LogP contribution in [0.2, 0.25) is 0 Å². The van der Waals surface area contributed by atoms with Crippen molar-refractivity contribution >= 4 is 22.5 Å². The Kier molecular flexibility index (Phi) is 7.20. The normalized spacial score (nSPS) is 10.6. The number of primary amides is 1. The summed E-state index contributed by atoms with van der Waals surface area (Å²) in [6.45, 7) is 3.88. The van der Waals surface area contributed by atoms with E-state index in [1.807, 2.05) is 81.7 Å². The Labute approximate surface area is 229 Å². The molecule has 4 aromatic heterocycles. The van der Waals surface area contributed by atoms with Crippen LogP contribution in [0.25, 0.3) is 22.2 Å². The van der Waals surface area contributed by atoms with E-state index in [0.29, 0.717) is 34.1 Å². The number of hydrogen-bond donors (Lipinski definition) is 1. The third kappa shape index (κ3) is 5.08. The molecule has 0 unspecified atom stereocenters. The van der Waals surface area contributed by atoms with Crippen molar-refractivity contribution < 1.29 is 4.79 Å². The zero-order valence-electron chi connectivity index (χ0n) is 22.2. The molecule has 0 spiro atoms. The number of carbonyl (C=O) groups excluding carboxylic acids is 1. The first-order valence-electron chi connectivity index (χ1n) is 12.6. The summed E-state index contributed by atoms with van der Waals surface area (Å²) >= 11 is 0. The van der Waals surface area contributed by atoms with Gasteiger partial charge in [-0.3, -0.25) is 18.8 Å². The highest BCUT2D eigenvalue weighted by atomic mass is 16.1. The number of fused-ring (bicyclic) bond motifs is 2. The fourth-order valence-electron chi connectivity index (χ4n) is 4.27. The van der Waals surface area contributed by atoms with Crippen molar-refractivity contribution in [3.8, 4) is 17.5 Å². The predicted octanol–water partition coefficient (Wildman–Crippen LogP) is 3.22. The van der Waals surface area contributed by atoms with Gasteiger partial charge in [0, 0.05) is 37.1 Å². The molecule has 2 aromatic carbocycles. The van der Waals surface area contributed by atoms with E-state index < -0.39 is 5.91 Å². The summed E-state index contributed by atoms with van der Waals surface area (Å²) in [5.41, 5.74) is 9.76. The van der Waals surface area contributed by atoms with Gasteiger partial charge in [0.05, 0.1) is 34.5 Å². The second-order valence-electron chi connectivity index (χ2n) is 8.95. The highest BCUT2D eigenvalue weighted by Gasteiger charge is 2.14. The molecule has 0 fully saturated rings. The van der Waals surface area contributed by atoms with Crippen molar-refractivity contribution in [2.45, 2.75) is 20.3 Å². The van der Waals surface area contributed by atoms with Gasteiger partial charge < -0.3 is 5.73 Å². The summed E-state index contributed by atoms with van der Waals surface area (Å²) in [7, 11) is 1.85. The summed E-state index contributed by atoms with van der Waals surface area (Å²) in [5, 5.41) is 8.65. The zero-order chi connectivity index (χ0) is 28.2. The first-order chi connectivity index (χ1) is 19.4. The lowest BCUT2D eigenvalue weighted by Gasteiger charge is -2.13. The maximum Gasteiger partial charge on any atom is 0.267 e. The van der Waals surface area contributed by atoms with E-state index in [4.69, 9.17) is 10.7 Å². The molecule has 0 saturated carbocycles. The second-order valence-corrected chi connectivity index (χ2v) is 8.95. The quantitative estimate of drug-likeness (QED) is 0.350. The summed E-state index contributed by atoms with van der Waals surface area (Å²) in [4.78, 5) is 33.1. The van der Waals surface area contributed by atoms with Gasteiger partial charge in [-0.1, -0.05) is 43.0 Å². The van der Waals surface area contributed by atoms with Crippen LogP contribution in [-0.4, -0.2) is 39.8 Å². The van der Waals surface area contributed by atoms with Crippen LogP contribution in [0.1, 0.15) is 39.9 Å². The van der Waals surface area contributed by atoms with Gasteiger partial charge in [-0.25, -0.2) is 14.5 Å². The Hall–Kier alpha value is -5.56. The lowest BCUT2D eigenvalue weighted by atomic mass is 10.1. The number of nitrogens with two attached hydrogens (primary N) is 1. The van der Waals surface area contributed by atoms with Gasteiger partial charge in [-0.15, -0.1) is 0 Å². The zero-order valence-corrected chi connectivity index (χ0v) is 22.2. The van der Waals surface area contributed by atoms with Gasteiger partial charge >= 0.3 is 0 Å². The number of carbonyl (C=O) groups is 1. The number of benzene rings is 2. The van der Waals surface area contributed by atoms with Crippen LogP contribution >= 0.6 is 0 Å². The monoisotopic (exact) mass is 530 g/mol. The molecule has 2 N–H and O–H groups in total. The fourth-order valence-corrected chi connectivity index (χ4v) is 4.27. The topological polar surface area (TPSA) is 126 Å². The molecular weight excluding hydrogens is 504 g/mol. The largest absolute Gasteiger partial charge is 0.365 e.